The van der Waals surface area contributed by atoms with Gasteiger partial charge in [-0.05, 0) is 24.3 Å². The number of rotatable bonds is 4. The minimum absolute atomic E-state index is 0.0118. The van der Waals surface area contributed by atoms with Gasteiger partial charge in [0.05, 0.1) is 5.69 Å². The topological polar surface area (TPSA) is 67.8 Å². The fourth-order valence-electron chi connectivity index (χ4n) is 1.47. The molecule has 0 saturated carbocycles. The Kier molecular flexibility index (Phi) is 4.37. The summed E-state index contributed by atoms with van der Waals surface area (Å²) < 4.78 is 28.8. The van der Waals surface area contributed by atoms with E-state index in [0.29, 0.717) is 0 Å². The molecule has 0 aliphatic carbocycles. The van der Waals surface area contributed by atoms with Crippen molar-refractivity contribution < 1.29 is 12.6 Å². The first-order valence-electron chi connectivity index (χ1n) is 5.93. The SMILES string of the molecule is CC(=NNc1ccccc1)OS(=O)(=O)c1ccccc1. The molecule has 2 aromatic carbocycles. The van der Waals surface area contributed by atoms with E-state index >= 15 is 0 Å². The minimum Gasteiger partial charge on any atom is -0.362 e. The molecule has 0 atom stereocenters. The number of nitrogens with one attached hydrogen (secondary N) is 1. The van der Waals surface area contributed by atoms with Crippen molar-refractivity contribution in [1.29, 1.82) is 0 Å². The van der Waals surface area contributed by atoms with Gasteiger partial charge in [-0.2, -0.15) is 8.42 Å². The maximum Gasteiger partial charge on any atom is 0.340 e. The summed E-state index contributed by atoms with van der Waals surface area (Å²) in [6.07, 6.45) is 0. The molecule has 0 saturated heterocycles. The highest BCUT2D eigenvalue weighted by Gasteiger charge is 2.16. The van der Waals surface area contributed by atoms with Crippen LogP contribution in [0.3, 0.4) is 0 Å². The Balaban J connectivity index is 2.06. The molecule has 0 aliphatic rings. The molecule has 0 spiro atoms. The number of anilines is 1. The van der Waals surface area contributed by atoms with Crippen LogP contribution >= 0.6 is 0 Å². The molecular formula is C14H14N2O3S. The van der Waals surface area contributed by atoms with Crippen LogP contribution in [-0.2, 0) is 14.3 Å². The van der Waals surface area contributed by atoms with Gasteiger partial charge in [0.2, 0.25) is 5.90 Å². The van der Waals surface area contributed by atoms with Gasteiger partial charge in [-0.3, -0.25) is 5.43 Å². The van der Waals surface area contributed by atoms with Crippen molar-refractivity contribution >= 4 is 21.7 Å². The Bertz CT molecular complexity index is 683. The van der Waals surface area contributed by atoms with Crippen molar-refractivity contribution in [3.63, 3.8) is 0 Å². The lowest BCUT2D eigenvalue weighted by atomic mass is 10.3. The molecule has 104 valence electrons. The fourth-order valence-corrected chi connectivity index (χ4v) is 2.41. The van der Waals surface area contributed by atoms with Crippen LogP contribution in [0.15, 0.2) is 70.7 Å². The summed E-state index contributed by atoms with van der Waals surface area (Å²) in [6.45, 7) is 1.47. The third-order valence-electron chi connectivity index (χ3n) is 2.38. The molecular weight excluding hydrogens is 276 g/mol. The molecule has 0 unspecified atom stereocenters. The van der Waals surface area contributed by atoms with E-state index in [-0.39, 0.29) is 10.8 Å². The van der Waals surface area contributed by atoms with Crippen molar-refractivity contribution in [1.82, 2.24) is 0 Å². The van der Waals surface area contributed by atoms with Gasteiger partial charge in [0.25, 0.3) is 0 Å². The molecule has 0 aromatic heterocycles. The average Bonchev–Trinajstić information content (AvgIpc) is 2.47. The number of benzene rings is 2. The first-order valence-corrected chi connectivity index (χ1v) is 7.34. The van der Waals surface area contributed by atoms with Gasteiger partial charge in [0.15, 0.2) is 0 Å². The van der Waals surface area contributed by atoms with Gasteiger partial charge < -0.3 is 4.18 Å². The van der Waals surface area contributed by atoms with Gasteiger partial charge in [-0.15, -0.1) is 5.10 Å². The highest BCUT2D eigenvalue weighted by Crippen LogP contribution is 2.12. The van der Waals surface area contributed by atoms with Gasteiger partial charge in [-0.1, -0.05) is 36.4 Å². The molecule has 0 radical (unpaired) electrons. The van der Waals surface area contributed by atoms with E-state index in [9.17, 15) is 8.42 Å². The van der Waals surface area contributed by atoms with Gasteiger partial charge in [0, 0.05) is 6.92 Å². The van der Waals surface area contributed by atoms with Gasteiger partial charge >= 0.3 is 10.1 Å². The van der Waals surface area contributed by atoms with Gasteiger partial charge in [0.1, 0.15) is 4.90 Å². The third-order valence-corrected chi connectivity index (χ3v) is 3.69. The first-order chi connectivity index (χ1) is 9.58. The lowest BCUT2D eigenvalue weighted by molar-refractivity contribution is 0.479. The highest BCUT2D eigenvalue weighted by atomic mass is 32.2. The largest absolute Gasteiger partial charge is 0.362 e. The summed E-state index contributed by atoms with van der Waals surface area (Å²) in [4.78, 5) is 0.0919. The zero-order valence-electron chi connectivity index (χ0n) is 10.9. The summed E-state index contributed by atoms with van der Waals surface area (Å²) in [7, 11) is -3.83. The van der Waals surface area contributed by atoms with Crippen molar-refractivity contribution in [3.8, 4) is 0 Å². The zero-order valence-corrected chi connectivity index (χ0v) is 11.7. The molecule has 2 rings (SSSR count). The molecule has 0 bridgehead atoms. The van der Waals surface area contributed by atoms with E-state index in [1.54, 1.807) is 18.2 Å². The summed E-state index contributed by atoms with van der Waals surface area (Å²) in [5, 5.41) is 3.87. The molecule has 20 heavy (non-hydrogen) atoms. The summed E-state index contributed by atoms with van der Waals surface area (Å²) in [5.41, 5.74) is 3.46. The van der Waals surface area contributed by atoms with Crippen molar-refractivity contribution in [2.45, 2.75) is 11.8 Å². The Labute approximate surface area is 118 Å². The number of para-hydroxylation sites is 1. The molecule has 0 heterocycles. The molecule has 0 fully saturated rings. The van der Waals surface area contributed by atoms with Crippen LogP contribution in [0.5, 0.6) is 0 Å². The maximum atomic E-state index is 11.9. The van der Waals surface area contributed by atoms with Crippen LogP contribution in [0.4, 0.5) is 5.69 Å². The van der Waals surface area contributed by atoms with Crippen LogP contribution in [0.1, 0.15) is 6.92 Å². The van der Waals surface area contributed by atoms with E-state index < -0.39 is 10.1 Å². The smallest absolute Gasteiger partial charge is 0.340 e. The van der Waals surface area contributed by atoms with Crippen LogP contribution in [0.2, 0.25) is 0 Å². The molecule has 5 nitrogen and oxygen atoms in total. The van der Waals surface area contributed by atoms with E-state index in [0.717, 1.165) is 5.69 Å². The second-order valence-electron chi connectivity index (χ2n) is 3.96. The van der Waals surface area contributed by atoms with E-state index in [1.165, 1.54) is 19.1 Å². The van der Waals surface area contributed by atoms with E-state index in [1.807, 2.05) is 30.3 Å². The normalized spacial score (nSPS) is 11.9. The summed E-state index contributed by atoms with van der Waals surface area (Å²) >= 11 is 0. The quantitative estimate of drug-likeness (QED) is 0.407. The van der Waals surface area contributed by atoms with Crippen LogP contribution in [0.25, 0.3) is 0 Å². The van der Waals surface area contributed by atoms with Crippen LogP contribution in [0, 0.1) is 0 Å². The fraction of sp³-hybridized carbons (Fsp3) is 0.0714. The second kappa shape index (κ2) is 6.21. The predicted octanol–water partition coefficient (Wildman–Crippen LogP) is 2.84. The Morgan fingerprint density at radius 3 is 2.15 bits per heavy atom. The zero-order chi connectivity index (χ0) is 14.4. The van der Waals surface area contributed by atoms with Crippen molar-refractivity contribution in [3.05, 3.63) is 60.7 Å². The lowest BCUT2D eigenvalue weighted by Crippen LogP contribution is -2.12. The Hall–Kier alpha value is -2.34. The summed E-state index contributed by atoms with van der Waals surface area (Å²) in [5.74, 6) is 0.0118. The summed E-state index contributed by atoms with van der Waals surface area (Å²) in [6, 6.07) is 17.1. The van der Waals surface area contributed by atoms with Crippen molar-refractivity contribution in [2.24, 2.45) is 5.10 Å². The van der Waals surface area contributed by atoms with Crippen molar-refractivity contribution in [2.75, 3.05) is 5.43 Å². The van der Waals surface area contributed by atoms with Crippen LogP contribution in [-0.4, -0.2) is 14.3 Å². The third kappa shape index (κ3) is 3.83. The number of hydrogen-bond donors (Lipinski definition) is 1. The number of hydrogen-bond acceptors (Lipinski definition) is 5. The molecule has 0 amide bonds. The molecule has 2 aromatic rings. The Morgan fingerprint density at radius 2 is 1.55 bits per heavy atom. The predicted molar refractivity (Wildman–Crippen MR) is 77.9 cm³/mol. The number of nitrogens with zero attached hydrogens (tertiary/aromatic N) is 1. The molecule has 0 aliphatic heterocycles. The van der Waals surface area contributed by atoms with Gasteiger partial charge in [-0.25, -0.2) is 0 Å². The first kappa shape index (κ1) is 14.1. The molecule has 6 heteroatoms. The van der Waals surface area contributed by atoms with Crippen LogP contribution < -0.4 is 5.43 Å². The average molecular weight is 290 g/mol. The lowest BCUT2D eigenvalue weighted by Gasteiger charge is -2.06. The highest BCUT2D eigenvalue weighted by molar-refractivity contribution is 7.87. The van der Waals surface area contributed by atoms with E-state index in [2.05, 4.69) is 10.5 Å². The van der Waals surface area contributed by atoms with E-state index in [4.69, 9.17) is 4.18 Å². The molecule has 1 N–H and O–H groups in total. The monoisotopic (exact) mass is 290 g/mol. The number of hydrazone groups is 1. The second-order valence-corrected chi connectivity index (χ2v) is 5.51. The standard InChI is InChI=1S/C14H14N2O3S/c1-12(15-16-13-8-4-2-5-9-13)19-20(17,18)14-10-6-3-7-11-14/h2-11,16H,1H3. The minimum atomic E-state index is -3.83. The maximum absolute atomic E-state index is 11.9. The Morgan fingerprint density at radius 1 is 1.00 bits per heavy atom.